The SMILES string of the molecule is CC(C)CC1CP1C. The maximum absolute atomic E-state index is 2.42. The molecule has 1 heterocycles. The lowest BCUT2D eigenvalue weighted by Crippen LogP contribution is -1.91. The van der Waals surface area contributed by atoms with E-state index in [1.54, 1.807) is 6.16 Å². The van der Waals surface area contributed by atoms with E-state index >= 15 is 0 Å². The molecule has 0 nitrogen and oxygen atoms in total. The Morgan fingerprint density at radius 2 is 2.12 bits per heavy atom. The molecule has 0 N–H and O–H groups in total. The molecule has 0 aliphatic carbocycles. The predicted octanol–water partition coefficient (Wildman–Crippen LogP) is 2.53. The lowest BCUT2D eigenvalue weighted by atomic mass is 10.1. The summed E-state index contributed by atoms with van der Waals surface area (Å²) in [6, 6.07) is 0. The molecule has 0 saturated carbocycles. The summed E-state index contributed by atoms with van der Waals surface area (Å²) in [5.74, 6) is 0.937. The van der Waals surface area contributed by atoms with Gasteiger partial charge in [0.15, 0.2) is 0 Å². The molecule has 0 radical (unpaired) electrons. The molecule has 2 atom stereocenters. The van der Waals surface area contributed by atoms with Gasteiger partial charge in [-0.3, -0.25) is 0 Å². The fourth-order valence-corrected chi connectivity index (χ4v) is 3.07. The van der Waals surface area contributed by atoms with Gasteiger partial charge in [0.2, 0.25) is 0 Å². The Labute approximate surface area is 53.4 Å². The van der Waals surface area contributed by atoms with Gasteiger partial charge in [0.05, 0.1) is 0 Å². The molecule has 1 aliphatic heterocycles. The van der Waals surface area contributed by atoms with E-state index in [9.17, 15) is 0 Å². The molecule has 1 heteroatoms. The summed E-state index contributed by atoms with van der Waals surface area (Å²) in [5.41, 5.74) is 1.16. The molecule has 0 amide bonds. The molecule has 0 aromatic heterocycles. The zero-order valence-corrected chi connectivity index (χ0v) is 6.91. The number of hydrogen-bond acceptors (Lipinski definition) is 0. The monoisotopic (exact) mass is 130 g/mol. The van der Waals surface area contributed by atoms with Crippen LogP contribution in [-0.4, -0.2) is 18.5 Å². The lowest BCUT2D eigenvalue weighted by Gasteiger charge is -1.99. The van der Waals surface area contributed by atoms with Gasteiger partial charge in [-0.05, 0) is 30.8 Å². The zero-order chi connectivity index (χ0) is 6.15. The maximum atomic E-state index is 2.42. The van der Waals surface area contributed by atoms with Crippen molar-refractivity contribution in [3.05, 3.63) is 0 Å². The first kappa shape index (κ1) is 6.55. The molecule has 8 heavy (non-hydrogen) atoms. The fourth-order valence-electron chi connectivity index (χ4n) is 1.08. The smallest absolute Gasteiger partial charge is 0.0170 e. The summed E-state index contributed by atoms with van der Waals surface area (Å²) in [5, 5.41) is 0. The summed E-state index contributed by atoms with van der Waals surface area (Å²) in [6.07, 6.45) is 3.05. The maximum Gasteiger partial charge on any atom is -0.0170 e. The van der Waals surface area contributed by atoms with Gasteiger partial charge in [-0.15, -0.1) is 7.92 Å². The molecule has 2 unspecified atom stereocenters. The summed E-state index contributed by atoms with van der Waals surface area (Å²) in [6.45, 7) is 7.06. The van der Waals surface area contributed by atoms with Crippen LogP contribution in [0.25, 0.3) is 0 Å². The van der Waals surface area contributed by atoms with Crippen molar-refractivity contribution in [1.82, 2.24) is 0 Å². The molecule has 0 spiro atoms. The molecule has 48 valence electrons. The quantitative estimate of drug-likeness (QED) is 0.504. The second kappa shape index (κ2) is 2.35. The van der Waals surface area contributed by atoms with Crippen molar-refractivity contribution in [3.63, 3.8) is 0 Å². The van der Waals surface area contributed by atoms with Crippen LogP contribution in [0.3, 0.4) is 0 Å². The molecule has 0 aromatic rings. The largest absolute Gasteiger partial charge is 0.106 e. The Hall–Kier alpha value is 0.430. The average molecular weight is 130 g/mol. The Morgan fingerprint density at radius 1 is 1.62 bits per heavy atom. The lowest BCUT2D eigenvalue weighted by molar-refractivity contribution is 0.602. The third-order valence-corrected chi connectivity index (χ3v) is 3.92. The Bertz CT molecular complexity index is 78.5. The summed E-state index contributed by atoms with van der Waals surface area (Å²) in [4.78, 5) is 0. The Balaban J connectivity index is 2.05. The predicted molar refractivity (Wildman–Crippen MR) is 41.0 cm³/mol. The van der Waals surface area contributed by atoms with Gasteiger partial charge in [-0.25, -0.2) is 0 Å². The van der Waals surface area contributed by atoms with Gasteiger partial charge < -0.3 is 0 Å². The highest BCUT2D eigenvalue weighted by Crippen LogP contribution is 2.57. The second-order valence-electron chi connectivity index (χ2n) is 3.22. The molecule has 1 saturated heterocycles. The van der Waals surface area contributed by atoms with Crippen molar-refractivity contribution in [1.29, 1.82) is 0 Å². The third kappa shape index (κ3) is 1.74. The van der Waals surface area contributed by atoms with Crippen molar-refractivity contribution < 1.29 is 0 Å². The first-order valence-electron chi connectivity index (χ1n) is 3.40. The van der Waals surface area contributed by atoms with E-state index < -0.39 is 0 Å². The van der Waals surface area contributed by atoms with Gasteiger partial charge in [0.1, 0.15) is 0 Å². The van der Waals surface area contributed by atoms with Gasteiger partial charge in [-0.1, -0.05) is 13.8 Å². The van der Waals surface area contributed by atoms with Crippen LogP contribution in [0.5, 0.6) is 0 Å². The van der Waals surface area contributed by atoms with E-state index in [1.807, 2.05) is 0 Å². The highest BCUT2D eigenvalue weighted by atomic mass is 31.1. The van der Waals surface area contributed by atoms with Crippen LogP contribution < -0.4 is 0 Å². The van der Waals surface area contributed by atoms with Gasteiger partial charge in [-0.2, -0.15) is 0 Å². The molecule has 1 fully saturated rings. The van der Waals surface area contributed by atoms with Crippen LogP contribution in [0.2, 0.25) is 0 Å². The third-order valence-electron chi connectivity index (χ3n) is 1.73. The van der Waals surface area contributed by atoms with Crippen LogP contribution in [0.4, 0.5) is 0 Å². The summed E-state index contributed by atoms with van der Waals surface area (Å²) in [7, 11) is 0.534. The van der Waals surface area contributed by atoms with Gasteiger partial charge >= 0.3 is 0 Å². The molecular formula is C7H15P. The van der Waals surface area contributed by atoms with E-state index in [-0.39, 0.29) is 0 Å². The van der Waals surface area contributed by atoms with Crippen molar-refractivity contribution in [3.8, 4) is 0 Å². The van der Waals surface area contributed by atoms with Crippen LogP contribution in [-0.2, 0) is 0 Å². The minimum atomic E-state index is 0.534. The van der Waals surface area contributed by atoms with E-state index in [0.29, 0.717) is 7.92 Å². The van der Waals surface area contributed by atoms with Crippen molar-refractivity contribution in [2.24, 2.45) is 5.92 Å². The van der Waals surface area contributed by atoms with E-state index in [1.165, 1.54) is 6.42 Å². The molecule has 0 bridgehead atoms. The van der Waals surface area contributed by atoms with Crippen molar-refractivity contribution in [2.45, 2.75) is 25.9 Å². The van der Waals surface area contributed by atoms with Gasteiger partial charge in [0, 0.05) is 0 Å². The van der Waals surface area contributed by atoms with Crippen LogP contribution >= 0.6 is 7.92 Å². The topological polar surface area (TPSA) is 0 Å². The average Bonchev–Trinajstić information content (AvgIpc) is 2.17. The molecular weight excluding hydrogens is 115 g/mol. The highest BCUT2D eigenvalue weighted by Gasteiger charge is 2.31. The molecule has 1 aliphatic rings. The second-order valence-corrected chi connectivity index (χ2v) is 5.83. The van der Waals surface area contributed by atoms with Crippen molar-refractivity contribution >= 4 is 7.92 Å². The minimum absolute atomic E-state index is 0.534. The van der Waals surface area contributed by atoms with Crippen LogP contribution in [0.15, 0.2) is 0 Å². The Morgan fingerprint density at radius 3 is 2.25 bits per heavy atom. The standard InChI is InChI=1S/C7H15P/c1-6(2)4-7-5-8(7)3/h6-7H,4-5H2,1-3H3. The summed E-state index contributed by atoms with van der Waals surface area (Å²) < 4.78 is 0. The Kier molecular flexibility index (Phi) is 1.92. The fraction of sp³-hybridized carbons (Fsp3) is 1.00. The highest BCUT2D eigenvalue weighted by molar-refractivity contribution is 7.65. The van der Waals surface area contributed by atoms with E-state index in [0.717, 1.165) is 11.6 Å². The number of rotatable bonds is 2. The minimum Gasteiger partial charge on any atom is -0.106 e. The van der Waals surface area contributed by atoms with Gasteiger partial charge in [0.25, 0.3) is 0 Å². The van der Waals surface area contributed by atoms with E-state index in [2.05, 4.69) is 20.5 Å². The van der Waals surface area contributed by atoms with Crippen LogP contribution in [0.1, 0.15) is 20.3 Å². The first-order chi connectivity index (χ1) is 3.70. The molecule has 0 aromatic carbocycles. The van der Waals surface area contributed by atoms with Crippen LogP contribution in [0, 0.1) is 5.92 Å². The summed E-state index contributed by atoms with van der Waals surface area (Å²) >= 11 is 0. The van der Waals surface area contributed by atoms with E-state index in [4.69, 9.17) is 0 Å². The first-order valence-corrected chi connectivity index (χ1v) is 5.44. The zero-order valence-electron chi connectivity index (χ0n) is 6.02. The normalized spacial score (nSPS) is 36.0. The van der Waals surface area contributed by atoms with Crippen molar-refractivity contribution in [2.75, 3.05) is 12.8 Å². The number of hydrogen-bond donors (Lipinski definition) is 0. The molecule has 1 rings (SSSR count).